The average Bonchev–Trinajstić information content (AvgIpc) is 2.38. The van der Waals surface area contributed by atoms with E-state index in [0.29, 0.717) is 32.1 Å². The van der Waals surface area contributed by atoms with Crippen LogP contribution in [0.2, 0.25) is 5.28 Å². The predicted molar refractivity (Wildman–Crippen MR) is 67.7 cm³/mol. The molecule has 1 aliphatic heterocycles. The van der Waals surface area contributed by atoms with E-state index in [1.165, 1.54) is 7.11 Å². The van der Waals surface area contributed by atoms with Gasteiger partial charge in [0.1, 0.15) is 0 Å². The van der Waals surface area contributed by atoms with Crippen molar-refractivity contribution >= 4 is 23.5 Å². The second-order valence-corrected chi connectivity index (χ2v) is 4.39. The molecule has 1 N–H and O–H groups in total. The van der Waals surface area contributed by atoms with E-state index in [-0.39, 0.29) is 17.8 Å². The SMILES string of the molecule is COc1nc(Cl)nc(N2CCN(CC(=O)O)CC2)n1. The summed E-state index contributed by atoms with van der Waals surface area (Å²) in [5.74, 6) is -0.370. The molecule has 1 fully saturated rings. The number of aliphatic carboxylic acids is 1. The zero-order valence-electron chi connectivity index (χ0n) is 10.4. The summed E-state index contributed by atoms with van der Waals surface area (Å²) < 4.78 is 4.94. The monoisotopic (exact) mass is 287 g/mol. The fraction of sp³-hybridized carbons (Fsp3) is 0.600. The van der Waals surface area contributed by atoms with Gasteiger partial charge >= 0.3 is 12.0 Å². The summed E-state index contributed by atoms with van der Waals surface area (Å²) >= 11 is 5.79. The first kappa shape index (κ1) is 13.8. The maximum absolute atomic E-state index is 10.6. The number of nitrogens with zero attached hydrogens (tertiary/aromatic N) is 5. The van der Waals surface area contributed by atoms with Crippen molar-refractivity contribution in [2.45, 2.75) is 0 Å². The Kier molecular flexibility index (Phi) is 4.33. The van der Waals surface area contributed by atoms with Crippen LogP contribution in [0.5, 0.6) is 6.01 Å². The Morgan fingerprint density at radius 2 is 2.00 bits per heavy atom. The number of halogens is 1. The number of piperazine rings is 1. The summed E-state index contributed by atoms with van der Waals surface area (Å²) in [4.78, 5) is 26.4. The third-order valence-corrected chi connectivity index (χ3v) is 2.94. The first-order valence-corrected chi connectivity index (χ1v) is 6.11. The van der Waals surface area contributed by atoms with Gasteiger partial charge in [-0.2, -0.15) is 15.0 Å². The van der Waals surface area contributed by atoms with Crippen LogP contribution in [-0.4, -0.2) is 70.8 Å². The molecule has 1 aromatic rings. The molecule has 0 bridgehead atoms. The zero-order valence-corrected chi connectivity index (χ0v) is 11.2. The first-order valence-electron chi connectivity index (χ1n) is 5.73. The van der Waals surface area contributed by atoms with Crippen LogP contribution >= 0.6 is 11.6 Å². The number of hydrogen-bond acceptors (Lipinski definition) is 7. The highest BCUT2D eigenvalue weighted by Crippen LogP contribution is 2.16. The quantitative estimate of drug-likeness (QED) is 0.810. The van der Waals surface area contributed by atoms with Crippen molar-refractivity contribution in [2.75, 3.05) is 44.7 Å². The molecule has 0 aromatic carbocycles. The molecule has 8 nitrogen and oxygen atoms in total. The van der Waals surface area contributed by atoms with Crippen molar-refractivity contribution in [3.63, 3.8) is 0 Å². The minimum atomic E-state index is -0.821. The molecule has 0 saturated carbocycles. The molecule has 1 saturated heterocycles. The molecule has 0 amide bonds. The van der Waals surface area contributed by atoms with Crippen LogP contribution in [0, 0.1) is 0 Å². The summed E-state index contributed by atoms with van der Waals surface area (Å²) in [6.07, 6.45) is 0. The maximum Gasteiger partial charge on any atom is 0.322 e. The molecule has 0 spiro atoms. The van der Waals surface area contributed by atoms with E-state index in [4.69, 9.17) is 21.4 Å². The number of rotatable bonds is 4. The lowest BCUT2D eigenvalue weighted by atomic mass is 10.3. The Bertz CT molecular complexity index is 464. The summed E-state index contributed by atoms with van der Waals surface area (Å²) in [6, 6.07) is 0.169. The minimum absolute atomic E-state index is 0.0507. The lowest BCUT2D eigenvalue weighted by molar-refractivity contribution is -0.138. The highest BCUT2D eigenvalue weighted by Gasteiger charge is 2.21. The summed E-state index contributed by atoms with van der Waals surface area (Å²) in [5.41, 5.74) is 0. The van der Waals surface area contributed by atoms with E-state index >= 15 is 0 Å². The Balaban J connectivity index is 2.01. The van der Waals surface area contributed by atoms with Gasteiger partial charge < -0.3 is 14.7 Å². The van der Waals surface area contributed by atoms with Gasteiger partial charge in [-0.1, -0.05) is 0 Å². The normalized spacial score (nSPS) is 16.4. The Hall–Kier alpha value is -1.67. The van der Waals surface area contributed by atoms with Crippen LogP contribution in [0.4, 0.5) is 5.95 Å². The van der Waals surface area contributed by atoms with E-state index in [1.54, 1.807) is 0 Å². The van der Waals surface area contributed by atoms with Crippen LogP contribution in [0.3, 0.4) is 0 Å². The Labute approximate surface area is 115 Å². The zero-order chi connectivity index (χ0) is 13.8. The second kappa shape index (κ2) is 5.98. The van der Waals surface area contributed by atoms with Gasteiger partial charge in [0.25, 0.3) is 0 Å². The van der Waals surface area contributed by atoms with Crippen LogP contribution in [0.15, 0.2) is 0 Å². The first-order chi connectivity index (χ1) is 9.08. The standard InChI is InChI=1S/C10H14ClN5O3/c1-19-10-13-8(11)12-9(14-10)16-4-2-15(3-5-16)6-7(17)18/h2-6H2,1H3,(H,17,18). The predicted octanol–water partition coefficient (Wildman–Crippen LogP) is -0.260. The van der Waals surface area contributed by atoms with Gasteiger partial charge in [-0.3, -0.25) is 9.69 Å². The Morgan fingerprint density at radius 3 is 2.58 bits per heavy atom. The third kappa shape index (κ3) is 3.65. The van der Waals surface area contributed by atoms with E-state index < -0.39 is 5.97 Å². The number of carboxylic acids is 1. The number of aromatic nitrogens is 3. The summed E-state index contributed by atoms with van der Waals surface area (Å²) in [7, 11) is 1.46. The minimum Gasteiger partial charge on any atom is -0.480 e. The van der Waals surface area contributed by atoms with Gasteiger partial charge in [0, 0.05) is 26.2 Å². The maximum atomic E-state index is 10.6. The number of carbonyl (C=O) groups is 1. The van der Waals surface area contributed by atoms with Crippen molar-refractivity contribution in [1.82, 2.24) is 19.9 Å². The van der Waals surface area contributed by atoms with Gasteiger partial charge in [0.05, 0.1) is 13.7 Å². The summed E-state index contributed by atoms with van der Waals surface area (Å²) in [6.45, 7) is 2.60. The molecule has 1 aliphatic rings. The van der Waals surface area contributed by atoms with E-state index in [0.717, 1.165) is 0 Å². The van der Waals surface area contributed by atoms with E-state index in [9.17, 15) is 4.79 Å². The average molecular weight is 288 g/mol. The van der Waals surface area contributed by atoms with Gasteiger partial charge in [-0.25, -0.2) is 0 Å². The molecule has 2 rings (SSSR count). The molecule has 19 heavy (non-hydrogen) atoms. The molecular formula is C10H14ClN5O3. The van der Waals surface area contributed by atoms with Crippen LogP contribution < -0.4 is 9.64 Å². The fourth-order valence-electron chi connectivity index (χ4n) is 1.85. The molecule has 0 unspecified atom stereocenters. The van der Waals surface area contributed by atoms with Gasteiger partial charge in [-0.05, 0) is 11.6 Å². The highest BCUT2D eigenvalue weighted by atomic mass is 35.5. The largest absolute Gasteiger partial charge is 0.480 e. The molecule has 0 radical (unpaired) electrons. The Morgan fingerprint density at radius 1 is 1.32 bits per heavy atom. The van der Waals surface area contributed by atoms with Gasteiger partial charge in [0.2, 0.25) is 11.2 Å². The molecule has 0 atom stereocenters. The summed E-state index contributed by atoms with van der Waals surface area (Å²) in [5, 5.41) is 8.81. The molecule has 104 valence electrons. The number of hydrogen-bond donors (Lipinski definition) is 1. The smallest absolute Gasteiger partial charge is 0.322 e. The van der Waals surface area contributed by atoms with Crippen molar-refractivity contribution < 1.29 is 14.6 Å². The lowest BCUT2D eigenvalue weighted by Crippen LogP contribution is -2.48. The van der Waals surface area contributed by atoms with Gasteiger partial charge in [0.15, 0.2) is 0 Å². The second-order valence-electron chi connectivity index (χ2n) is 4.05. The van der Waals surface area contributed by atoms with E-state index in [1.807, 2.05) is 9.80 Å². The number of ether oxygens (including phenoxy) is 1. The molecule has 9 heteroatoms. The molecule has 0 aliphatic carbocycles. The third-order valence-electron chi connectivity index (χ3n) is 2.77. The number of methoxy groups -OCH3 is 1. The topological polar surface area (TPSA) is 91.7 Å². The van der Waals surface area contributed by atoms with Crippen molar-refractivity contribution in [2.24, 2.45) is 0 Å². The van der Waals surface area contributed by atoms with Crippen LogP contribution in [0.25, 0.3) is 0 Å². The highest BCUT2D eigenvalue weighted by molar-refractivity contribution is 6.28. The number of anilines is 1. The van der Waals surface area contributed by atoms with E-state index in [2.05, 4.69) is 15.0 Å². The lowest BCUT2D eigenvalue weighted by Gasteiger charge is -2.33. The van der Waals surface area contributed by atoms with Crippen LogP contribution in [-0.2, 0) is 4.79 Å². The van der Waals surface area contributed by atoms with Crippen molar-refractivity contribution in [3.05, 3.63) is 5.28 Å². The van der Waals surface area contributed by atoms with Crippen molar-refractivity contribution in [3.8, 4) is 6.01 Å². The van der Waals surface area contributed by atoms with Gasteiger partial charge in [-0.15, -0.1) is 0 Å². The van der Waals surface area contributed by atoms with Crippen LogP contribution in [0.1, 0.15) is 0 Å². The molecular weight excluding hydrogens is 274 g/mol. The molecule has 1 aromatic heterocycles. The van der Waals surface area contributed by atoms with Crippen molar-refractivity contribution in [1.29, 1.82) is 0 Å². The fourth-order valence-corrected chi connectivity index (χ4v) is 2.00. The number of carboxylic acid groups (broad SMARTS) is 1. The molecule has 2 heterocycles.